The maximum atomic E-state index is 5.85. The molecule has 1 aliphatic carbocycles. The zero-order valence-electron chi connectivity index (χ0n) is 16.6. The van der Waals surface area contributed by atoms with Gasteiger partial charge in [-0.3, -0.25) is 9.88 Å². The van der Waals surface area contributed by atoms with Crippen molar-refractivity contribution >= 4 is 5.82 Å². The molecule has 0 spiro atoms. The average Bonchev–Trinajstić information content (AvgIpc) is 3.14. The van der Waals surface area contributed by atoms with Gasteiger partial charge >= 0.3 is 0 Å². The van der Waals surface area contributed by atoms with Gasteiger partial charge in [0.05, 0.1) is 12.2 Å². The lowest BCUT2D eigenvalue weighted by Crippen LogP contribution is -2.47. The van der Waals surface area contributed by atoms with Crippen LogP contribution in [0.15, 0.2) is 24.4 Å². The Balaban J connectivity index is 1.53. The fourth-order valence-electron chi connectivity index (χ4n) is 4.20. The molecule has 1 saturated heterocycles. The minimum Gasteiger partial charge on any atom is -0.373 e. The van der Waals surface area contributed by atoms with Gasteiger partial charge in [0.2, 0.25) is 0 Å². The highest BCUT2D eigenvalue weighted by Gasteiger charge is 2.25. The van der Waals surface area contributed by atoms with Crippen molar-refractivity contribution in [1.82, 2.24) is 19.9 Å². The number of ether oxygens (including phenoxy) is 1. The van der Waals surface area contributed by atoms with Crippen molar-refractivity contribution in [2.75, 3.05) is 38.1 Å². The van der Waals surface area contributed by atoms with E-state index in [1.807, 2.05) is 18.2 Å². The molecule has 0 unspecified atom stereocenters. The number of hydrogen-bond donors (Lipinski definition) is 0. The van der Waals surface area contributed by atoms with Gasteiger partial charge < -0.3 is 9.64 Å². The Bertz CT molecular complexity index is 772. The zero-order chi connectivity index (χ0) is 18.8. The number of fused-ring (bicyclic) bond motifs is 1. The molecule has 4 rings (SSSR count). The number of anilines is 1. The maximum Gasteiger partial charge on any atom is 0.180 e. The molecule has 2 aliphatic rings. The van der Waals surface area contributed by atoms with Crippen LogP contribution in [0.5, 0.6) is 0 Å². The van der Waals surface area contributed by atoms with Crippen LogP contribution in [-0.4, -0.2) is 65.3 Å². The summed E-state index contributed by atoms with van der Waals surface area (Å²) in [5, 5.41) is 0. The summed E-state index contributed by atoms with van der Waals surface area (Å²) in [6.45, 7) is 8.28. The maximum absolute atomic E-state index is 5.85. The minimum absolute atomic E-state index is 0.304. The first-order chi connectivity index (χ1) is 13.1. The van der Waals surface area contributed by atoms with Crippen molar-refractivity contribution in [3.8, 4) is 11.5 Å². The molecule has 144 valence electrons. The number of rotatable bonds is 5. The number of morpholine rings is 1. The zero-order valence-corrected chi connectivity index (χ0v) is 16.6. The van der Waals surface area contributed by atoms with Gasteiger partial charge in [0, 0.05) is 50.7 Å². The van der Waals surface area contributed by atoms with Crippen molar-refractivity contribution in [2.45, 2.75) is 45.3 Å². The van der Waals surface area contributed by atoms with E-state index in [2.05, 4.69) is 35.7 Å². The Morgan fingerprint density at radius 1 is 1.15 bits per heavy atom. The fraction of sp³-hybridized carbons (Fsp3) is 0.571. The highest BCUT2D eigenvalue weighted by molar-refractivity contribution is 5.58. The van der Waals surface area contributed by atoms with Crippen LogP contribution in [0.25, 0.3) is 11.5 Å². The highest BCUT2D eigenvalue weighted by atomic mass is 16.5. The lowest BCUT2D eigenvalue weighted by atomic mass is 10.2. The van der Waals surface area contributed by atoms with Crippen LogP contribution in [0.1, 0.15) is 31.5 Å². The lowest BCUT2D eigenvalue weighted by molar-refractivity contribution is -0.0670. The molecule has 6 nitrogen and oxygen atoms in total. The quantitative estimate of drug-likeness (QED) is 0.810. The van der Waals surface area contributed by atoms with Crippen molar-refractivity contribution in [1.29, 1.82) is 0 Å². The molecule has 6 heteroatoms. The molecule has 0 amide bonds. The third-order valence-electron chi connectivity index (χ3n) is 5.41. The molecular formula is C21H29N5O. The molecule has 27 heavy (non-hydrogen) atoms. The summed E-state index contributed by atoms with van der Waals surface area (Å²) < 4.78 is 5.85. The van der Waals surface area contributed by atoms with Crippen LogP contribution < -0.4 is 4.90 Å². The standard InChI is InChI=1S/C21H29N5O/c1-15-13-26(14-16(2)27-15)12-11-25(3)21-17-7-6-9-18(17)23-20(24-21)19-8-4-5-10-22-19/h4-5,8,10,15-16H,6-7,9,11-14H2,1-3H3/t15-,16+. The second kappa shape index (κ2) is 7.90. The van der Waals surface area contributed by atoms with Gasteiger partial charge in [-0.2, -0.15) is 0 Å². The molecule has 1 aliphatic heterocycles. The SMILES string of the molecule is C[C@@H]1CN(CCN(C)c2nc(-c3ccccn3)nc3c2CCC3)C[C@H](C)O1. The highest BCUT2D eigenvalue weighted by Crippen LogP contribution is 2.30. The lowest BCUT2D eigenvalue weighted by Gasteiger charge is -2.36. The van der Waals surface area contributed by atoms with Crippen LogP contribution in [0, 0.1) is 0 Å². The molecule has 1 fully saturated rings. The van der Waals surface area contributed by atoms with Gasteiger partial charge in [-0.25, -0.2) is 9.97 Å². The molecule has 3 heterocycles. The summed E-state index contributed by atoms with van der Waals surface area (Å²) in [6, 6.07) is 5.90. The van der Waals surface area contributed by atoms with Crippen LogP contribution >= 0.6 is 0 Å². The molecule has 2 aromatic rings. The first kappa shape index (κ1) is 18.3. The molecule has 2 atom stereocenters. The number of aromatic nitrogens is 3. The molecule has 0 bridgehead atoms. The monoisotopic (exact) mass is 367 g/mol. The Labute approximate surface area is 161 Å². The Hall–Kier alpha value is -2.05. The summed E-state index contributed by atoms with van der Waals surface area (Å²) in [5.41, 5.74) is 3.36. The number of aryl methyl sites for hydroxylation is 1. The summed E-state index contributed by atoms with van der Waals surface area (Å²) in [6.07, 6.45) is 5.68. The van der Waals surface area contributed by atoms with E-state index in [-0.39, 0.29) is 0 Å². The number of hydrogen-bond acceptors (Lipinski definition) is 6. The van der Waals surface area contributed by atoms with Gasteiger partial charge in [0.15, 0.2) is 5.82 Å². The second-order valence-corrected chi connectivity index (χ2v) is 7.80. The molecule has 0 aromatic carbocycles. The van der Waals surface area contributed by atoms with Gasteiger partial charge in [-0.05, 0) is 45.2 Å². The third kappa shape index (κ3) is 4.12. The number of nitrogens with zero attached hydrogens (tertiary/aromatic N) is 5. The van der Waals surface area contributed by atoms with Crippen molar-refractivity contribution in [3.05, 3.63) is 35.7 Å². The summed E-state index contributed by atoms with van der Waals surface area (Å²) in [7, 11) is 2.15. The van der Waals surface area contributed by atoms with Crippen LogP contribution in [0.4, 0.5) is 5.82 Å². The van der Waals surface area contributed by atoms with E-state index in [0.717, 1.165) is 62.8 Å². The van der Waals surface area contributed by atoms with Gasteiger partial charge in [0.25, 0.3) is 0 Å². The fourth-order valence-corrected chi connectivity index (χ4v) is 4.20. The Morgan fingerprint density at radius 2 is 1.96 bits per heavy atom. The van der Waals surface area contributed by atoms with Crippen molar-refractivity contribution in [2.24, 2.45) is 0 Å². The van der Waals surface area contributed by atoms with Gasteiger partial charge in [-0.1, -0.05) is 6.07 Å². The predicted molar refractivity (Wildman–Crippen MR) is 107 cm³/mol. The van der Waals surface area contributed by atoms with E-state index in [1.54, 1.807) is 6.20 Å². The minimum atomic E-state index is 0.304. The first-order valence-electron chi connectivity index (χ1n) is 10.0. The smallest absolute Gasteiger partial charge is 0.180 e. The molecule has 0 radical (unpaired) electrons. The van der Waals surface area contributed by atoms with Crippen molar-refractivity contribution in [3.63, 3.8) is 0 Å². The third-order valence-corrected chi connectivity index (χ3v) is 5.41. The molecular weight excluding hydrogens is 338 g/mol. The van der Waals surface area contributed by atoms with E-state index in [4.69, 9.17) is 14.7 Å². The average molecular weight is 367 g/mol. The van der Waals surface area contributed by atoms with E-state index >= 15 is 0 Å². The van der Waals surface area contributed by atoms with E-state index in [9.17, 15) is 0 Å². The summed E-state index contributed by atoms with van der Waals surface area (Å²) in [5.74, 6) is 1.82. The Kier molecular flexibility index (Phi) is 5.36. The van der Waals surface area contributed by atoms with E-state index in [1.165, 1.54) is 11.3 Å². The first-order valence-corrected chi connectivity index (χ1v) is 10.0. The van der Waals surface area contributed by atoms with Gasteiger partial charge in [-0.15, -0.1) is 0 Å². The number of pyridine rings is 1. The number of likely N-dealkylation sites (N-methyl/N-ethyl adjacent to an activating group) is 1. The van der Waals surface area contributed by atoms with Crippen LogP contribution in [0.3, 0.4) is 0 Å². The second-order valence-electron chi connectivity index (χ2n) is 7.80. The molecule has 0 saturated carbocycles. The van der Waals surface area contributed by atoms with Crippen LogP contribution in [-0.2, 0) is 17.6 Å². The summed E-state index contributed by atoms with van der Waals surface area (Å²) >= 11 is 0. The van der Waals surface area contributed by atoms with E-state index < -0.39 is 0 Å². The normalized spacial score (nSPS) is 22.6. The predicted octanol–water partition coefficient (Wildman–Crippen LogP) is 2.57. The Morgan fingerprint density at radius 3 is 2.70 bits per heavy atom. The van der Waals surface area contributed by atoms with E-state index in [0.29, 0.717) is 12.2 Å². The summed E-state index contributed by atoms with van der Waals surface area (Å²) in [4.78, 5) is 19.0. The van der Waals surface area contributed by atoms with Crippen LogP contribution in [0.2, 0.25) is 0 Å². The largest absolute Gasteiger partial charge is 0.373 e. The topological polar surface area (TPSA) is 54.4 Å². The molecule has 0 N–H and O–H groups in total. The van der Waals surface area contributed by atoms with Gasteiger partial charge in [0.1, 0.15) is 11.5 Å². The molecule has 2 aromatic heterocycles. The van der Waals surface area contributed by atoms with Crippen molar-refractivity contribution < 1.29 is 4.74 Å².